The normalized spacial score (nSPS) is 22.1. The predicted molar refractivity (Wildman–Crippen MR) is 83.5 cm³/mol. The van der Waals surface area contributed by atoms with Gasteiger partial charge in [-0.2, -0.15) is 0 Å². The van der Waals surface area contributed by atoms with Gasteiger partial charge < -0.3 is 15.2 Å². The minimum absolute atomic E-state index is 0.0140. The Morgan fingerprint density at radius 2 is 2.43 bits per heavy atom. The van der Waals surface area contributed by atoms with Crippen LogP contribution < -0.4 is 5.32 Å². The van der Waals surface area contributed by atoms with Gasteiger partial charge in [0.25, 0.3) is 0 Å². The van der Waals surface area contributed by atoms with Crippen molar-refractivity contribution in [3.05, 3.63) is 22.4 Å². The summed E-state index contributed by atoms with van der Waals surface area (Å²) in [6.45, 7) is 6.26. The molecule has 0 saturated carbocycles. The topological polar surface area (TPSA) is 61.8 Å². The van der Waals surface area contributed by atoms with E-state index >= 15 is 0 Å². The molecule has 0 aromatic carbocycles. The average Bonchev–Trinajstić information content (AvgIpc) is 2.89. The monoisotopic (exact) mass is 312 g/mol. The lowest BCUT2D eigenvalue weighted by atomic mass is 10.1. The van der Waals surface area contributed by atoms with E-state index in [-0.39, 0.29) is 24.2 Å². The summed E-state index contributed by atoms with van der Waals surface area (Å²) in [5.41, 5.74) is -0.330. The van der Waals surface area contributed by atoms with Gasteiger partial charge in [0.1, 0.15) is 0 Å². The number of nitrogens with zero attached hydrogens (tertiary/aromatic N) is 1. The molecule has 6 heteroatoms. The predicted octanol–water partition coefficient (Wildman–Crippen LogP) is 0.878. The second kappa shape index (κ2) is 7.35. The molecule has 1 unspecified atom stereocenters. The first kappa shape index (κ1) is 16.4. The molecule has 0 spiro atoms. The van der Waals surface area contributed by atoms with Gasteiger partial charge in [-0.1, -0.05) is 6.07 Å². The Bertz CT molecular complexity index is 448. The van der Waals surface area contributed by atoms with Crippen molar-refractivity contribution < 1.29 is 14.6 Å². The van der Waals surface area contributed by atoms with Crippen molar-refractivity contribution in [3.8, 4) is 0 Å². The molecule has 118 valence electrons. The molecule has 1 aromatic rings. The largest absolute Gasteiger partial charge is 0.394 e. The minimum Gasteiger partial charge on any atom is -0.394 e. The van der Waals surface area contributed by atoms with Crippen LogP contribution in [0.1, 0.15) is 18.7 Å². The Kier molecular flexibility index (Phi) is 5.75. The van der Waals surface area contributed by atoms with Crippen molar-refractivity contribution in [1.29, 1.82) is 0 Å². The highest BCUT2D eigenvalue weighted by Gasteiger charge is 2.33. The molecule has 1 aliphatic rings. The Morgan fingerprint density at radius 3 is 3.10 bits per heavy atom. The minimum atomic E-state index is -0.330. The van der Waals surface area contributed by atoms with Crippen molar-refractivity contribution in [1.82, 2.24) is 10.2 Å². The molecule has 1 aliphatic heterocycles. The molecule has 1 fully saturated rings. The third kappa shape index (κ3) is 5.39. The number of carbonyl (C=O) groups excluding carboxylic acids is 1. The standard InChI is InChI=1S/C15H24N2O3S/c1-15(2)11-17(8-12(10-18)20-15)9-14(19)16-6-5-13-4-3-7-21-13/h3-4,7,12,18H,5-6,8-11H2,1-2H3,(H,16,19). The van der Waals surface area contributed by atoms with Crippen molar-refractivity contribution in [3.63, 3.8) is 0 Å². The van der Waals surface area contributed by atoms with Gasteiger partial charge in [0.2, 0.25) is 5.91 Å². The maximum absolute atomic E-state index is 12.0. The SMILES string of the molecule is CC1(C)CN(CC(=O)NCCc2cccs2)CC(CO)O1. The number of morpholine rings is 1. The molecular formula is C15H24N2O3S. The fraction of sp³-hybridized carbons (Fsp3) is 0.667. The molecule has 2 rings (SSSR count). The first-order valence-electron chi connectivity index (χ1n) is 7.28. The van der Waals surface area contributed by atoms with E-state index < -0.39 is 0 Å². The van der Waals surface area contributed by atoms with E-state index in [1.165, 1.54) is 4.88 Å². The lowest BCUT2D eigenvalue weighted by Crippen LogP contribution is -2.55. The molecular weight excluding hydrogens is 288 g/mol. The van der Waals surface area contributed by atoms with Crippen LogP contribution in [0.3, 0.4) is 0 Å². The molecule has 5 nitrogen and oxygen atoms in total. The number of aliphatic hydroxyl groups is 1. The first-order valence-corrected chi connectivity index (χ1v) is 8.16. The number of hydrogen-bond acceptors (Lipinski definition) is 5. The third-order valence-electron chi connectivity index (χ3n) is 3.40. The van der Waals surface area contributed by atoms with Crippen LogP contribution >= 0.6 is 11.3 Å². The zero-order chi connectivity index (χ0) is 15.3. The Balaban J connectivity index is 1.73. The number of carbonyl (C=O) groups is 1. The van der Waals surface area contributed by atoms with Crippen LogP contribution in [0.5, 0.6) is 0 Å². The van der Waals surface area contributed by atoms with Crippen LogP contribution in [0.4, 0.5) is 0 Å². The van der Waals surface area contributed by atoms with E-state index in [2.05, 4.69) is 11.4 Å². The fourth-order valence-corrected chi connectivity index (χ4v) is 3.38. The van der Waals surface area contributed by atoms with E-state index in [4.69, 9.17) is 4.74 Å². The Morgan fingerprint density at radius 1 is 1.62 bits per heavy atom. The molecule has 1 atom stereocenters. The van der Waals surface area contributed by atoms with E-state index in [0.717, 1.165) is 6.42 Å². The number of thiophene rings is 1. The van der Waals surface area contributed by atoms with E-state index in [0.29, 0.717) is 26.2 Å². The number of ether oxygens (including phenoxy) is 1. The first-order chi connectivity index (χ1) is 9.98. The highest BCUT2D eigenvalue weighted by Crippen LogP contribution is 2.20. The fourth-order valence-electron chi connectivity index (χ4n) is 2.67. The summed E-state index contributed by atoms with van der Waals surface area (Å²) in [5.74, 6) is 0.0287. The zero-order valence-corrected chi connectivity index (χ0v) is 13.5. The molecule has 2 N–H and O–H groups in total. The van der Waals surface area contributed by atoms with Gasteiger partial charge in [-0.25, -0.2) is 0 Å². The van der Waals surface area contributed by atoms with Crippen molar-refractivity contribution in [2.75, 3.05) is 32.8 Å². The van der Waals surface area contributed by atoms with Crippen LogP contribution in [0, 0.1) is 0 Å². The van der Waals surface area contributed by atoms with Crippen LogP contribution in [0.15, 0.2) is 17.5 Å². The molecule has 1 saturated heterocycles. The van der Waals surface area contributed by atoms with Crippen molar-refractivity contribution >= 4 is 17.2 Å². The smallest absolute Gasteiger partial charge is 0.234 e. The molecule has 1 aromatic heterocycles. The zero-order valence-electron chi connectivity index (χ0n) is 12.7. The summed E-state index contributed by atoms with van der Waals surface area (Å²) in [6.07, 6.45) is 0.657. The van der Waals surface area contributed by atoms with Gasteiger partial charge in [-0.05, 0) is 31.7 Å². The van der Waals surface area contributed by atoms with Gasteiger partial charge in [0, 0.05) is 24.5 Å². The number of hydrogen-bond donors (Lipinski definition) is 2. The summed E-state index contributed by atoms with van der Waals surface area (Å²) in [7, 11) is 0. The van der Waals surface area contributed by atoms with Crippen LogP contribution in [0.25, 0.3) is 0 Å². The molecule has 0 aliphatic carbocycles. The third-order valence-corrected chi connectivity index (χ3v) is 4.33. The maximum atomic E-state index is 12.0. The van der Waals surface area contributed by atoms with E-state index in [1.54, 1.807) is 11.3 Å². The lowest BCUT2D eigenvalue weighted by molar-refractivity contribution is -0.153. The molecule has 0 radical (unpaired) electrons. The van der Waals surface area contributed by atoms with Gasteiger partial charge >= 0.3 is 0 Å². The van der Waals surface area contributed by atoms with Gasteiger partial charge in [0.15, 0.2) is 0 Å². The van der Waals surface area contributed by atoms with E-state index in [9.17, 15) is 9.90 Å². The van der Waals surface area contributed by atoms with Crippen molar-refractivity contribution in [2.45, 2.75) is 32.0 Å². The van der Waals surface area contributed by atoms with Crippen molar-refractivity contribution in [2.24, 2.45) is 0 Å². The van der Waals surface area contributed by atoms with Gasteiger partial charge in [0.05, 0.1) is 24.9 Å². The molecule has 0 bridgehead atoms. The Labute approximate surface area is 129 Å². The second-order valence-electron chi connectivity index (χ2n) is 6.03. The second-order valence-corrected chi connectivity index (χ2v) is 7.06. The Hall–Kier alpha value is -0.950. The number of aliphatic hydroxyl groups excluding tert-OH is 1. The van der Waals surface area contributed by atoms with E-state index in [1.807, 2.05) is 30.2 Å². The van der Waals surface area contributed by atoms with Crippen LogP contribution in [-0.2, 0) is 16.0 Å². The summed E-state index contributed by atoms with van der Waals surface area (Å²) in [6, 6.07) is 4.10. The summed E-state index contributed by atoms with van der Waals surface area (Å²) >= 11 is 1.71. The molecule has 2 heterocycles. The quantitative estimate of drug-likeness (QED) is 0.818. The van der Waals surface area contributed by atoms with Gasteiger partial charge in [-0.15, -0.1) is 11.3 Å². The number of amides is 1. The van der Waals surface area contributed by atoms with Crippen LogP contribution in [0.2, 0.25) is 0 Å². The lowest BCUT2D eigenvalue weighted by Gasteiger charge is -2.42. The summed E-state index contributed by atoms with van der Waals surface area (Å²) < 4.78 is 5.74. The summed E-state index contributed by atoms with van der Waals surface area (Å²) in [4.78, 5) is 15.3. The number of rotatable bonds is 6. The summed E-state index contributed by atoms with van der Waals surface area (Å²) in [5, 5.41) is 14.3. The highest BCUT2D eigenvalue weighted by atomic mass is 32.1. The highest BCUT2D eigenvalue weighted by molar-refractivity contribution is 7.09. The maximum Gasteiger partial charge on any atom is 0.234 e. The van der Waals surface area contributed by atoms with Crippen LogP contribution in [-0.4, -0.2) is 60.4 Å². The van der Waals surface area contributed by atoms with Gasteiger partial charge in [-0.3, -0.25) is 9.69 Å². The molecule has 1 amide bonds. The average molecular weight is 312 g/mol. The number of nitrogens with one attached hydrogen (secondary N) is 1. The molecule has 21 heavy (non-hydrogen) atoms.